The Morgan fingerprint density at radius 1 is 0.935 bits per heavy atom. The summed E-state index contributed by atoms with van der Waals surface area (Å²) in [6, 6.07) is 17.7. The maximum Gasteiger partial charge on any atom is 0.234 e. The van der Waals surface area contributed by atoms with Crippen LogP contribution in [0.25, 0.3) is 28.2 Å². The molecule has 5 rings (SSSR count). The summed E-state index contributed by atoms with van der Waals surface area (Å²) in [7, 11) is 0. The van der Waals surface area contributed by atoms with Crippen molar-refractivity contribution in [3.63, 3.8) is 0 Å². The van der Waals surface area contributed by atoms with Crippen LogP contribution in [0.15, 0.2) is 67.1 Å². The fraction of sp³-hybridized carbons (Fsp3) is 0.240. The Balaban J connectivity index is 1.44. The van der Waals surface area contributed by atoms with Crippen LogP contribution < -0.4 is 5.32 Å². The van der Waals surface area contributed by atoms with E-state index in [4.69, 9.17) is 5.26 Å². The van der Waals surface area contributed by atoms with Gasteiger partial charge in [0.2, 0.25) is 5.78 Å². The number of aliphatic hydroxyl groups is 1. The summed E-state index contributed by atoms with van der Waals surface area (Å²) < 4.78 is 1.97. The van der Waals surface area contributed by atoms with E-state index < -0.39 is 6.10 Å². The lowest BCUT2D eigenvalue weighted by Gasteiger charge is -2.27. The van der Waals surface area contributed by atoms with Gasteiger partial charge in [0, 0.05) is 23.5 Å². The molecule has 31 heavy (non-hydrogen) atoms. The first-order chi connectivity index (χ1) is 15.2. The minimum Gasteiger partial charge on any atom is -0.388 e. The highest BCUT2D eigenvalue weighted by molar-refractivity contribution is 5.67. The smallest absolute Gasteiger partial charge is 0.234 e. The lowest BCUT2D eigenvalue weighted by molar-refractivity contribution is 0.0889. The van der Waals surface area contributed by atoms with E-state index >= 15 is 0 Å². The third-order valence-corrected chi connectivity index (χ3v) is 6.09. The van der Waals surface area contributed by atoms with Crippen molar-refractivity contribution in [2.75, 3.05) is 13.1 Å². The predicted molar refractivity (Wildman–Crippen MR) is 119 cm³/mol. The molecule has 0 spiro atoms. The number of aliphatic hydroxyl groups excluding tert-OH is 1. The zero-order valence-electron chi connectivity index (χ0n) is 17.1. The number of rotatable bonds is 4. The topological polar surface area (TPSA) is 86.2 Å². The Bertz CT molecular complexity index is 1230. The Morgan fingerprint density at radius 2 is 1.61 bits per heavy atom. The number of benzene rings is 2. The summed E-state index contributed by atoms with van der Waals surface area (Å²) in [5.74, 6) is 0.937. The SMILES string of the molecule is N#Cc1ccc(-c2cnc3ncc(-c4ccc(C(O)C5CCNCC5)cc4)cn23)cc1. The lowest BCUT2D eigenvalue weighted by Crippen LogP contribution is -2.30. The second-order valence-electron chi connectivity index (χ2n) is 8.00. The van der Waals surface area contributed by atoms with Gasteiger partial charge in [0.25, 0.3) is 0 Å². The van der Waals surface area contributed by atoms with E-state index in [1.807, 2.05) is 53.2 Å². The quantitative estimate of drug-likeness (QED) is 0.533. The molecule has 2 aromatic carbocycles. The highest BCUT2D eigenvalue weighted by Crippen LogP contribution is 2.30. The monoisotopic (exact) mass is 409 g/mol. The molecular weight excluding hydrogens is 386 g/mol. The van der Waals surface area contributed by atoms with Crippen molar-refractivity contribution >= 4 is 5.78 Å². The highest BCUT2D eigenvalue weighted by Gasteiger charge is 2.22. The Morgan fingerprint density at radius 3 is 2.32 bits per heavy atom. The van der Waals surface area contributed by atoms with Gasteiger partial charge in [0.05, 0.1) is 29.6 Å². The molecule has 0 saturated carbocycles. The molecule has 1 unspecified atom stereocenters. The van der Waals surface area contributed by atoms with E-state index in [0.717, 1.165) is 53.9 Å². The summed E-state index contributed by atoms with van der Waals surface area (Å²) in [5, 5.41) is 23.1. The maximum absolute atomic E-state index is 10.7. The van der Waals surface area contributed by atoms with Gasteiger partial charge in [-0.25, -0.2) is 9.97 Å². The van der Waals surface area contributed by atoms with Gasteiger partial charge in [-0.2, -0.15) is 5.26 Å². The van der Waals surface area contributed by atoms with Crippen molar-refractivity contribution in [1.82, 2.24) is 19.7 Å². The van der Waals surface area contributed by atoms with Crippen LogP contribution >= 0.6 is 0 Å². The summed E-state index contributed by atoms with van der Waals surface area (Å²) in [6.45, 7) is 1.94. The molecule has 1 aliphatic heterocycles. The number of imidazole rings is 1. The van der Waals surface area contributed by atoms with Gasteiger partial charge in [-0.15, -0.1) is 0 Å². The number of nitrogens with zero attached hydrogens (tertiary/aromatic N) is 4. The van der Waals surface area contributed by atoms with Gasteiger partial charge in [-0.1, -0.05) is 36.4 Å². The van der Waals surface area contributed by atoms with Crippen molar-refractivity contribution in [1.29, 1.82) is 5.26 Å². The normalized spacial score (nSPS) is 15.6. The number of hydrogen-bond donors (Lipinski definition) is 2. The van der Waals surface area contributed by atoms with Crippen molar-refractivity contribution in [2.45, 2.75) is 18.9 Å². The Kier molecular flexibility index (Phi) is 5.21. The standard InChI is InChI=1S/C25H23N5O/c26-13-17-1-3-19(4-2-17)23-15-29-25-28-14-22(16-30(23)25)18-5-7-20(8-6-18)24(31)21-9-11-27-12-10-21/h1-8,14-16,21,24,27,31H,9-12H2. The Hall–Kier alpha value is -3.53. The number of hydrogen-bond acceptors (Lipinski definition) is 5. The highest BCUT2D eigenvalue weighted by atomic mass is 16.3. The zero-order chi connectivity index (χ0) is 21.2. The van der Waals surface area contributed by atoms with Crippen LogP contribution in [0.3, 0.4) is 0 Å². The van der Waals surface area contributed by atoms with E-state index in [9.17, 15) is 5.11 Å². The van der Waals surface area contributed by atoms with Crippen molar-refractivity contribution in [3.05, 3.63) is 78.2 Å². The fourth-order valence-electron chi connectivity index (χ4n) is 4.26. The van der Waals surface area contributed by atoms with E-state index in [-0.39, 0.29) is 0 Å². The zero-order valence-corrected chi connectivity index (χ0v) is 17.1. The van der Waals surface area contributed by atoms with Crippen molar-refractivity contribution in [3.8, 4) is 28.5 Å². The van der Waals surface area contributed by atoms with Gasteiger partial charge >= 0.3 is 0 Å². The number of nitrogens with one attached hydrogen (secondary N) is 1. The molecule has 3 heterocycles. The summed E-state index contributed by atoms with van der Waals surface area (Å²) in [5.41, 5.74) is 5.50. The molecule has 0 radical (unpaired) electrons. The van der Waals surface area contributed by atoms with Gasteiger partial charge in [-0.3, -0.25) is 4.40 Å². The predicted octanol–water partition coefficient (Wildman–Crippen LogP) is 3.97. The van der Waals surface area contributed by atoms with Crippen LogP contribution in [0.1, 0.15) is 30.1 Å². The second kappa shape index (κ2) is 8.31. The van der Waals surface area contributed by atoms with Crippen LogP contribution in [-0.2, 0) is 0 Å². The van der Waals surface area contributed by atoms with Crippen LogP contribution in [-0.4, -0.2) is 32.6 Å². The average molecular weight is 409 g/mol. The van der Waals surface area contributed by atoms with Crippen molar-refractivity contribution in [2.24, 2.45) is 5.92 Å². The Labute approximate surface area is 180 Å². The first-order valence-corrected chi connectivity index (χ1v) is 10.6. The molecule has 1 saturated heterocycles. The van der Waals surface area contributed by atoms with E-state index in [1.54, 1.807) is 18.3 Å². The number of nitriles is 1. The molecule has 1 atom stereocenters. The largest absolute Gasteiger partial charge is 0.388 e. The van der Waals surface area contributed by atoms with Crippen LogP contribution in [0.2, 0.25) is 0 Å². The minimum absolute atomic E-state index is 0.311. The molecule has 2 N–H and O–H groups in total. The van der Waals surface area contributed by atoms with Gasteiger partial charge in [-0.05, 0) is 55.1 Å². The molecule has 0 amide bonds. The molecule has 4 aromatic rings. The van der Waals surface area contributed by atoms with E-state index in [1.165, 1.54) is 0 Å². The summed E-state index contributed by atoms with van der Waals surface area (Å²) in [6.07, 6.45) is 7.23. The minimum atomic E-state index is -0.423. The summed E-state index contributed by atoms with van der Waals surface area (Å²) >= 11 is 0. The van der Waals surface area contributed by atoms with Crippen molar-refractivity contribution < 1.29 is 5.11 Å². The second-order valence-corrected chi connectivity index (χ2v) is 8.00. The van der Waals surface area contributed by atoms with Crippen LogP contribution in [0.5, 0.6) is 0 Å². The number of fused-ring (bicyclic) bond motifs is 1. The van der Waals surface area contributed by atoms with Crippen LogP contribution in [0.4, 0.5) is 0 Å². The molecule has 154 valence electrons. The molecule has 0 bridgehead atoms. The van der Waals surface area contributed by atoms with E-state index in [2.05, 4.69) is 21.4 Å². The summed E-state index contributed by atoms with van der Waals surface area (Å²) in [4.78, 5) is 8.92. The van der Waals surface area contributed by atoms with Crippen LogP contribution in [0, 0.1) is 17.2 Å². The third-order valence-electron chi connectivity index (χ3n) is 6.09. The van der Waals surface area contributed by atoms with Gasteiger partial charge in [0.15, 0.2) is 0 Å². The third kappa shape index (κ3) is 3.81. The average Bonchev–Trinajstić information content (AvgIpc) is 3.27. The van der Waals surface area contributed by atoms with Gasteiger partial charge < -0.3 is 10.4 Å². The molecular formula is C25H23N5O. The maximum atomic E-state index is 10.7. The fourth-order valence-corrected chi connectivity index (χ4v) is 4.26. The molecule has 6 nitrogen and oxygen atoms in total. The van der Waals surface area contributed by atoms with E-state index in [0.29, 0.717) is 17.3 Å². The number of aromatic nitrogens is 3. The first kappa shape index (κ1) is 19.4. The number of piperidine rings is 1. The molecule has 2 aromatic heterocycles. The molecule has 1 fully saturated rings. The van der Waals surface area contributed by atoms with Gasteiger partial charge in [0.1, 0.15) is 0 Å². The first-order valence-electron chi connectivity index (χ1n) is 10.6. The molecule has 1 aliphatic rings. The lowest BCUT2D eigenvalue weighted by atomic mass is 9.88. The molecule has 6 heteroatoms. The molecule has 0 aliphatic carbocycles.